The van der Waals surface area contributed by atoms with Crippen LogP contribution in [0.5, 0.6) is 0 Å². The minimum Gasteiger partial charge on any atom is -0.363 e. The topological polar surface area (TPSA) is 26.8 Å². The number of halogens is 2. The summed E-state index contributed by atoms with van der Waals surface area (Å²) in [5, 5.41) is 0. The predicted molar refractivity (Wildman–Crippen MR) is 133 cm³/mol. The molecule has 2 aliphatic heterocycles. The summed E-state index contributed by atoms with van der Waals surface area (Å²) in [7, 11) is 0. The maximum atomic E-state index is 14.8. The number of likely N-dealkylation sites (tertiary alicyclic amines) is 1. The molecule has 0 aliphatic carbocycles. The van der Waals surface area contributed by atoms with Gasteiger partial charge in [-0.15, -0.1) is 0 Å². The Morgan fingerprint density at radius 1 is 0.912 bits per heavy atom. The van der Waals surface area contributed by atoms with E-state index in [0.717, 1.165) is 6.07 Å². The molecule has 2 heterocycles. The number of rotatable bonds is 3. The Bertz CT molecular complexity index is 1020. The minimum atomic E-state index is -0.593. The van der Waals surface area contributed by atoms with Crippen molar-refractivity contribution in [2.24, 2.45) is 5.92 Å². The van der Waals surface area contributed by atoms with Crippen molar-refractivity contribution >= 4 is 11.6 Å². The minimum absolute atomic E-state index is 0.0720. The van der Waals surface area contributed by atoms with Gasteiger partial charge in [-0.25, -0.2) is 8.78 Å². The van der Waals surface area contributed by atoms with E-state index in [1.54, 1.807) is 0 Å². The molecule has 0 aromatic heterocycles. The molecule has 0 bridgehead atoms. The maximum absolute atomic E-state index is 14.8. The third kappa shape index (κ3) is 4.83. The van der Waals surface area contributed by atoms with E-state index in [0.29, 0.717) is 31.7 Å². The summed E-state index contributed by atoms with van der Waals surface area (Å²) in [5.74, 6) is -1.74. The fourth-order valence-corrected chi connectivity index (χ4v) is 5.68. The van der Waals surface area contributed by atoms with Gasteiger partial charge in [0, 0.05) is 61.5 Å². The summed E-state index contributed by atoms with van der Waals surface area (Å²) in [6.45, 7) is 15.1. The van der Waals surface area contributed by atoms with Gasteiger partial charge in [0.25, 0.3) is 0 Å². The Kier molecular flexibility index (Phi) is 6.74. The van der Waals surface area contributed by atoms with E-state index >= 15 is 0 Å². The van der Waals surface area contributed by atoms with Crippen LogP contribution < -0.4 is 4.90 Å². The van der Waals surface area contributed by atoms with Gasteiger partial charge in [0.15, 0.2) is 0 Å². The molecule has 2 aromatic carbocycles. The zero-order chi connectivity index (χ0) is 24.8. The van der Waals surface area contributed by atoms with Crippen LogP contribution in [0.1, 0.15) is 51.7 Å². The molecule has 4 atom stereocenters. The van der Waals surface area contributed by atoms with Crippen LogP contribution in [0.15, 0.2) is 42.5 Å². The first-order valence-electron chi connectivity index (χ1n) is 12.3. The summed E-state index contributed by atoms with van der Waals surface area (Å²) < 4.78 is 28.4. The first-order valence-corrected chi connectivity index (χ1v) is 12.3. The fraction of sp³-hybridized carbons (Fsp3) is 0.536. The number of amides is 1. The first-order chi connectivity index (χ1) is 16.0. The third-order valence-corrected chi connectivity index (χ3v) is 7.51. The lowest BCUT2D eigenvalue weighted by molar-refractivity contribution is -0.137. The second kappa shape index (κ2) is 9.29. The lowest BCUT2D eigenvalue weighted by atomic mass is 9.87. The number of piperazine rings is 1. The predicted octanol–water partition coefficient (Wildman–Crippen LogP) is 5.21. The van der Waals surface area contributed by atoms with Gasteiger partial charge in [0.2, 0.25) is 5.91 Å². The van der Waals surface area contributed by atoms with E-state index in [-0.39, 0.29) is 35.4 Å². The average molecular weight is 470 g/mol. The van der Waals surface area contributed by atoms with Crippen LogP contribution in [0, 0.1) is 24.5 Å². The molecule has 0 N–H and O–H groups in total. The van der Waals surface area contributed by atoms with Crippen LogP contribution in [-0.4, -0.2) is 59.5 Å². The molecular formula is C28H37F2N3O. The van der Waals surface area contributed by atoms with E-state index in [4.69, 9.17) is 0 Å². The molecule has 2 aliphatic rings. The summed E-state index contributed by atoms with van der Waals surface area (Å²) in [6, 6.07) is 12.6. The Morgan fingerprint density at radius 3 is 2.09 bits per heavy atom. The average Bonchev–Trinajstić information content (AvgIpc) is 3.19. The van der Waals surface area contributed by atoms with Crippen molar-refractivity contribution in [2.45, 2.75) is 65.1 Å². The number of nitrogens with zero attached hydrogens (tertiary/aromatic N) is 3. The molecule has 2 fully saturated rings. The first kappa shape index (κ1) is 24.6. The smallest absolute Gasteiger partial charge is 0.227 e. The number of hydrogen-bond donors (Lipinski definition) is 0. The summed E-state index contributed by atoms with van der Waals surface area (Å²) in [6.07, 6.45) is 0. The van der Waals surface area contributed by atoms with Crippen molar-refractivity contribution in [3.8, 4) is 0 Å². The van der Waals surface area contributed by atoms with E-state index in [1.807, 2.05) is 4.90 Å². The molecule has 2 saturated heterocycles. The van der Waals surface area contributed by atoms with Gasteiger partial charge in [-0.05, 0) is 65.3 Å². The second-order valence-corrected chi connectivity index (χ2v) is 11.1. The van der Waals surface area contributed by atoms with Gasteiger partial charge in [0.05, 0.1) is 5.92 Å². The van der Waals surface area contributed by atoms with Gasteiger partial charge in [-0.2, -0.15) is 0 Å². The third-order valence-electron chi connectivity index (χ3n) is 7.51. The second-order valence-electron chi connectivity index (χ2n) is 11.1. The molecule has 4 rings (SSSR count). The van der Waals surface area contributed by atoms with E-state index in [1.165, 1.54) is 23.4 Å². The number of anilines is 1. The van der Waals surface area contributed by atoms with E-state index in [2.05, 4.69) is 75.6 Å². The zero-order valence-corrected chi connectivity index (χ0v) is 21.2. The Morgan fingerprint density at radius 2 is 1.53 bits per heavy atom. The molecule has 34 heavy (non-hydrogen) atoms. The number of hydrogen-bond acceptors (Lipinski definition) is 3. The van der Waals surface area contributed by atoms with Crippen molar-refractivity contribution in [1.82, 2.24) is 9.80 Å². The number of carbonyl (C=O) groups is 1. The highest BCUT2D eigenvalue weighted by Gasteiger charge is 2.45. The molecule has 2 aromatic rings. The largest absolute Gasteiger partial charge is 0.363 e. The monoisotopic (exact) mass is 469 g/mol. The fourth-order valence-electron chi connectivity index (χ4n) is 5.68. The highest BCUT2D eigenvalue weighted by molar-refractivity contribution is 5.81. The Hall–Kier alpha value is -2.47. The lowest BCUT2D eigenvalue weighted by Crippen LogP contribution is -2.59. The van der Waals surface area contributed by atoms with E-state index < -0.39 is 11.6 Å². The molecular weight excluding hydrogens is 432 g/mol. The van der Waals surface area contributed by atoms with Gasteiger partial charge < -0.3 is 9.80 Å². The Balaban J connectivity index is 1.58. The number of benzene rings is 2. The summed E-state index contributed by atoms with van der Waals surface area (Å²) in [4.78, 5) is 20.5. The van der Waals surface area contributed by atoms with Crippen molar-refractivity contribution in [2.75, 3.05) is 31.1 Å². The quantitative estimate of drug-likeness (QED) is 0.617. The van der Waals surface area contributed by atoms with Crippen LogP contribution in [0.25, 0.3) is 0 Å². The molecule has 0 saturated carbocycles. The molecule has 1 amide bonds. The van der Waals surface area contributed by atoms with Crippen LogP contribution in [-0.2, 0) is 4.79 Å². The molecule has 0 unspecified atom stereocenters. The Labute approximate surface area is 202 Å². The van der Waals surface area contributed by atoms with Gasteiger partial charge in [-0.3, -0.25) is 9.69 Å². The van der Waals surface area contributed by atoms with Crippen molar-refractivity contribution < 1.29 is 13.6 Å². The highest BCUT2D eigenvalue weighted by atomic mass is 19.1. The SMILES string of the molecule is Cc1ccc(N2[C@H](C)CN(C(=O)[C@@H]3CN(C(C)(C)C)C[C@H]3c3ccc(F)cc3F)C[C@@H]2C)cc1. The molecule has 6 heteroatoms. The van der Waals surface area contributed by atoms with Crippen molar-refractivity contribution in [3.63, 3.8) is 0 Å². The van der Waals surface area contributed by atoms with Gasteiger partial charge >= 0.3 is 0 Å². The molecule has 4 nitrogen and oxygen atoms in total. The lowest BCUT2D eigenvalue weighted by Gasteiger charge is -2.46. The van der Waals surface area contributed by atoms with E-state index in [9.17, 15) is 13.6 Å². The van der Waals surface area contributed by atoms with Crippen molar-refractivity contribution in [3.05, 3.63) is 65.2 Å². The standard InChI is InChI=1S/C28H37F2N3O/c1-18-7-10-22(11-8-18)33-19(2)14-31(15-20(33)3)27(34)25-17-32(28(4,5)6)16-24(25)23-12-9-21(29)13-26(23)30/h7-13,19-20,24-25H,14-17H2,1-6H3/t19-,20+,24-,25+/m0/s1. The van der Waals surface area contributed by atoms with Crippen LogP contribution in [0.4, 0.5) is 14.5 Å². The van der Waals surface area contributed by atoms with Crippen LogP contribution in [0.3, 0.4) is 0 Å². The van der Waals surface area contributed by atoms with Crippen LogP contribution >= 0.6 is 0 Å². The number of carbonyl (C=O) groups excluding carboxylic acids is 1. The normalized spacial score (nSPS) is 26.2. The molecule has 184 valence electrons. The molecule has 0 spiro atoms. The molecule has 0 radical (unpaired) electrons. The summed E-state index contributed by atoms with van der Waals surface area (Å²) in [5.41, 5.74) is 2.69. The number of aryl methyl sites for hydroxylation is 1. The van der Waals surface area contributed by atoms with Crippen LogP contribution in [0.2, 0.25) is 0 Å². The van der Waals surface area contributed by atoms with Crippen molar-refractivity contribution in [1.29, 1.82) is 0 Å². The highest BCUT2D eigenvalue weighted by Crippen LogP contribution is 2.39. The maximum Gasteiger partial charge on any atom is 0.227 e. The zero-order valence-electron chi connectivity index (χ0n) is 21.2. The van der Waals surface area contributed by atoms with Gasteiger partial charge in [0.1, 0.15) is 11.6 Å². The van der Waals surface area contributed by atoms with Gasteiger partial charge in [-0.1, -0.05) is 23.8 Å². The summed E-state index contributed by atoms with van der Waals surface area (Å²) >= 11 is 0.